The lowest BCUT2D eigenvalue weighted by molar-refractivity contribution is -0.139. The summed E-state index contributed by atoms with van der Waals surface area (Å²) in [6.07, 6.45) is 2.04. The Bertz CT molecular complexity index is 856. The second-order valence-electron chi connectivity index (χ2n) is 8.95. The highest BCUT2D eigenvalue weighted by Crippen LogP contribution is 2.25. The zero-order chi connectivity index (χ0) is 21.1. The van der Waals surface area contributed by atoms with E-state index in [0.717, 1.165) is 70.0 Å². The number of aliphatic hydroxyl groups excluding tert-OH is 1. The van der Waals surface area contributed by atoms with Crippen molar-refractivity contribution in [2.24, 2.45) is 5.92 Å². The third kappa shape index (κ3) is 4.53. The van der Waals surface area contributed by atoms with Crippen LogP contribution in [0.5, 0.6) is 0 Å². The number of amides is 1. The number of aliphatic hydroxyl groups is 1. The maximum absolute atomic E-state index is 13.1. The lowest BCUT2D eigenvalue weighted by atomic mass is 9.96. The summed E-state index contributed by atoms with van der Waals surface area (Å²) in [5.74, 6) is 1.48. The predicted molar refractivity (Wildman–Crippen MR) is 118 cm³/mol. The summed E-state index contributed by atoms with van der Waals surface area (Å²) in [4.78, 5) is 24.7. The number of carbonyl (C=O) groups excluding carboxylic acids is 1. The Balaban J connectivity index is 1.41. The summed E-state index contributed by atoms with van der Waals surface area (Å²) in [5, 5.41) is 9.11. The molecule has 30 heavy (non-hydrogen) atoms. The largest absolute Gasteiger partial charge is 0.395 e. The van der Waals surface area contributed by atoms with E-state index in [1.165, 1.54) is 5.52 Å². The fourth-order valence-electron chi connectivity index (χ4n) is 4.97. The number of nitrogens with zero attached hydrogens (tertiary/aromatic N) is 5. The van der Waals surface area contributed by atoms with Gasteiger partial charge in [0.1, 0.15) is 5.82 Å². The molecule has 2 saturated heterocycles. The molecule has 0 aliphatic carbocycles. The van der Waals surface area contributed by atoms with Crippen LogP contribution in [0.25, 0.3) is 11.0 Å². The molecule has 0 spiro atoms. The molecule has 0 bridgehead atoms. The number of rotatable bonds is 6. The SMILES string of the molecule is CC(C)n1c(CN2CCC[C@H](C(=O)N3CCN(CCO)CC3)C2)nc2ccccc21. The monoisotopic (exact) mass is 413 g/mol. The van der Waals surface area contributed by atoms with Gasteiger partial charge in [0.05, 0.1) is 30.1 Å². The van der Waals surface area contributed by atoms with Crippen LogP contribution in [0.1, 0.15) is 38.6 Å². The smallest absolute Gasteiger partial charge is 0.227 e. The van der Waals surface area contributed by atoms with Crippen molar-refractivity contribution in [1.29, 1.82) is 0 Å². The number of imidazole rings is 1. The molecule has 7 nitrogen and oxygen atoms in total. The minimum Gasteiger partial charge on any atom is -0.395 e. The molecule has 164 valence electrons. The van der Waals surface area contributed by atoms with Crippen molar-refractivity contribution in [3.63, 3.8) is 0 Å². The van der Waals surface area contributed by atoms with Crippen LogP contribution in [0.4, 0.5) is 0 Å². The summed E-state index contributed by atoms with van der Waals surface area (Å²) in [6, 6.07) is 8.69. The molecular formula is C23H35N5O2. The first kappa shape index (κ1) is 21.3. The van der Waals surface area contributed by atoms with E-state index in [1.807, 2.05) is 11.0 Å². The summed E-state index contributed by atoms with van der Waals surface area (Å²) >= 11 is 0. The minimum atomic E-state index is 0.0834. The Hall–Kier alpha value is -1.96. The average molecular weight is 414 g/mol. The van der Waals surface area contributed by atoms with Gasteiger partial charge in [-0.05, 0) is 45.4 Å². The van der Waals surface area contributed by atoms with E-state index in [1.54, 1.807) is 0 Å². The van der Waals surface area contributed by atoms with Crippen LogP contribution in [-0.4, -0.2) is 87.7 Å². The molecule has 1 aromatic carbocycles. The van der Waals surface area contributed by atoms with Crippen molar-refractivity contribution in [2.45, 2.75) is 39.3 Å². The van der Waals surface area contributed by atoms with Gasteiger partial charge >= 0.3 is 0 Å². The number of aromatic nitrogens is 2. The second-order valence-corrected chi connectivity index (χ2v) is 8.95. The first-order valence-corrected chi connectivity index (χ1v) is 11.4. The molecule has 0 saturated carbocycles. The van der Waals surface area contributed by atoms with Crippen LogP contribution in [0, 0.1) is 5.92 Å². The molecule has 2 aliphatic rings. The number of fused-ring (bicyclic) bond motifs is 1. The molecule has 3 heterocycles. The van der Waals surface area contributed by atoms with Gasteiger partial charge < -0.3 is 14.6 Å². The summed E-state index contributed by atoms with van der Waals surface area (Å²) in [7, 11) is 0. The molecule has 4 rings (SSSR count). The van der Waals surface area contributed by atoms with Gasteiger partial charge in [-0.3, -0.25) is 14.6 Å². The van der Waals surface area contributed by atoms with E-state index in [0.29, 0.717) is 18.5 Å². The number of carbonyl (C=O) groups is 1. The second kappa shape index (κ2) is 9.45. The van der Waals surface area contributed by atoms with Crippen LogP contribution in [-0.2, 0) is 11.3 Å². The lowest BCUT2D eigenvalue weighted by Crippen LogP contribution is -2.52. The lowest BCUT2D eigenvalue weighted by Gasteiger charge is -2.38. The number of β-amino-alcohol motifs (C(OH)–C–C–N with tert-alkyl or cyclic N) is 1. The first-order valence-electron chi connectivity index (χ1n) is 11.4. The molecule has 2 fully saturated rings. The molecule has 1 N–H and O–H groups in total. The molecule has 1 atom stereocenters. The van der Waals surface area contributed by atoms with Crippen molar-refractivity contribution < 1.29 is 9.90 Å². The van der Waals surface area contributed by atoms with E-state index < -0.39 is 0 Å². The van der Waals surface area contributed by atoms with Gasteiger partial charge in [0.25, 0.3) is 0 Å². The summed E-state index contributed by atoms with van der Waals surface area (Å²) in [6.45, 7) is 11.2. The van der Waals surface area contributed by atoms with Gasteiger partial charge in [0, 0.05) is 45.3 Å². The van der Waals surface area contributed by atoms with Crippen molar-refractivity contribution in [3.05, 3.63) is 30.1 Å². The average Bonchev–Trinajstić information content (AvgIpc) is 3.12. The van der Waals surface area contributed by atoms with Crippen LogP contribution < -0.4 is 0 Å². The van der Waals surface area contributed by atoms with E-state index in [9.17, 15) is 4.79 Å². The van der Waals surface area contributed by atoms with Crippen LogP contribution in [0.15, 0.2) is 24.3 Å². The minimum absolute atomic E-state index is 0.0834. The van der Waals surface area contributed by atoms with Crippen LogP contribution >= 0.6 is 0 Å². The Morgan fingerprint density at radius 3 is 2.63 bits per heavy atom. The van der Waals surface area contributed by atoms with Crippen molar-refractivity contribution >= 4 is 16.9 Å². The zero-order valence-electron chi connectivity index (χ0n) is 18.3. The highest BCUT2D eigenvalue weighted by Gasteiger charge is 2.31. The topological polar surface area (TPSA) is 64.8 Å². The standard InChI is InChI=1S/C23H35N5O2/c1-18(2)28-21-8-4-3-7-20(21)24-22(28)17-26-9-5-6-19(16-26)23(30)27-12-10-25(11-13-27)14-15-29/h3-4,7-8,18-19,29H,5-6,9-17H2,1-2H3/t19-/m0/s1. The molecule has 1 aromatic heterocycles. The molecule has 2 aromatic rings. The van der Waals surface area contributed by atoms with Gasteiger partial charge in [0.15, 0.2) is 0 Å². The van der Waals surface area contributed by atoms with Crippen LogP contribution in [0.2, 0.25) is 0 Å². The normalized spacial score (nSPS) is 21.6. The first-order chi connectivity index (χ1) is 14.6. The third-order valence-corrected chi connectivity index (χ3v) is 6.51. The Morgan fingerprint density at radius 1 is 1.13 bits per heavy atom. The third-order valence-electron chi connectivity index (χ3n) is 6.51. The fraction of sp³-hybridized carbons (Fsp3) is 0.652. The van der Waals surface area contributed by atoms with Gasteiger partial charge in [-0.25, -0.2) is 4.98 Å². The Kier molecular flexibility index (Phi) is 6.71. The van der Waals surface area contributed by atoms with Gasteiger partial charge in [0.2, 0.25) is 5.91 Å². The predicted octanol–water partition coefficient (Wildman–Crippen LogP) is 1.97. The van der Waals surface area contributed by atoms with Gasteiger partial charge in [-0.2, -0.15) is 0 Å². The number of para-hydroxylation sites is 2. The molecule has 1 amide bonds. The molecule has 0 radical (unpaired) electrons. The van der Waals surface area contributed by atoms with E-state index in [-0.39, 0.29) is 12.5 Å². The Labute approximate surface area is 179 Å². The quantitative estimate of drug-likeness (QED) is 0.784. The summed E-state index contributed by atoms with van der Waals surface area (Å²) in [5.41, 5.74) is 2.24. The van der Waals surface area contributed by atoms with E-state index in [2.05, 4.69) is 46.4 Å². The molecular weight excluding hydrogens is 378 g/mol. The number of hydrogen-bond donors (Lipinski definition) is 1. The Morgan fingerprint density at radius 2 is 1.90 bits per heavy atom. The number of hydrogen-bond acceptors (Lipinski definition) is 5. The van der Waals surface area contributed by atoms with Crippen molar-refractivity contribution in [3.8, 4) is 0 Å². The zero-order valence-corrected chi connectivity index (χ0v) is 18.3. The molecule has 7 heteroatoms. The maximum atomic E-state index is 13.1. The number of benzene rings is 1. The van der Waals surface area contributed by atoms with Crippen molar-refractivity contribution in [1.82, 2.24) is 24.3 Å². The summed E-state index contributed by atoms with van der Waals surface area (Å²) < 4.78 is 2.33. The number of piperidine rings is 1. The number of likely N-dealkylation sites (tertiary alicyclic amines) is 1. The highest BCUT2D eigenvalue weighted by molar-refractivity contribution is 5.79. The van der Waals surface area contributed by atoms with Gasteiger partial charge in [-0.1, -0.05) is 12.1 Å². The van der Waals surface area contributed by atoms with Crippen LogP contribution in [0.3, 0.4) is 0 Å². The van der Waals surface area contributed by atoms with Crippen molar-refractivity contribution in [2.75, 3.05) is 52.4 Å². The number of piperazine rings is 1. The van der Waals surface area contributed by atoms with Gasteiger partial charge in [-0.15, -0.1) is 0 Å². The molecule has 2 aliphatic heterocycles. The van der Waals surface area contributed by atoms with E-state index >= 15 is 0 Å². The van der Waals surface area contributed by atoms with E-state index in [4.69, 9.17) is 10.1 Å². The molecule has 0 unspecified atom stereocenters. The maximum Gasteiger partial charge on any atom is 0.227 e. The fourth-order valence-corrected chi connectivity index (χ4v) is 4.97. The highest BCUT2D eigenvalue weighted by atomic mass is 16.3.